The fourth-order valence-electron chi connectivity index (χ4n) is 2.95. The van der Waals surface area contributed by atoms with Crippen LogP contribution in [0.25, 0.3) is 0 Å². The molecule has 2 heterocycles. The molecule has 0 atom stereocenters. The van der Waals surface area contributed by atoms with Crippen LogP contribution in [0, 0.1) is 5.92 Å². The molecule has 108 valence electrons. The van der Waals surface area contributed by atoms with Crippen LogP contribution in [0.2, 0.25) is 0 Å². The van der Waals surface area contributed by atoms with Gasteiger partial charge in [-0.3, -0.25) is 9.59 Å². The van der Waals surface area contributed by atoms with E-state index in [4.69, 9.17) is 0 Å². The summed E-state index contributed by atoms with van der Waals surface area (Å²) in [6, 6.07) is 0. The van der Waals surface area contributed by atoms with Crippen molar-refractivity contribution in [1.29, 1.82) is 0 Å². The molecule has 5 nitrogen and oxygen atoms in total. The highest BCUT2D eigenvalue weighted by Crippen LogP contribution is 2.20. The van der Waals surface area contributed by atoms with Crippen LogP contribution < -0.4 is 5.32 Å². The van der Waals surface area contributed by atoms with Gasteiger partial charge in [-0.15, -0.1) is 0 Å². The van der Waals surface area contributed by atoms with E-state index in [9.17, 15) is 9.59 Å². The number of piperidine rings is 1. The topological polar surface area (TPSA) is 52.7 Å². The maximum atomic E-state index is 12.1. The smallest absolute Gasteiger partial charge is 0.242 e. The quantitative estimate of drug-likeness (QED) is 0.787. The van der Waals surface area contributed by atoms with E-state index < -0.39 is 0 Å². The number of rotatable bonds is 5. The first-order chi connectivity index (χ1) is 9.20. The molecule has 0 bridgehead atoms. The Labute approximate surface area is 115 Å². The Hall–Kier alpha value is -1.10. The van der Waals surface area contributed by atoms with E-state index in [1.54, 1.807) is 4.90 Å². The van der Waals surface area contributed by atoms with Crippen molar-refractivity contribution in [3.05, 3.63) is 0 Å². The van der Waals surface area contributed by atoms with Gasteiger partial charge in [0, 0.05) is 26.1 Å². The largest absolute Gasteiger partial charge is 0.341 e. The van der Waals surface area contributed by atoms with Crippen molar-refractivity contribution in [1.82, 2.24) is 15.1 Å². The average molecular weight is 267 g/mol. The molecule has 2 aliphatic rings. The fraction of sp³-hybridized carbons (Fsp3) is 0.857. The van der Waals surface area contributed by atoms with E-state index in [2.05, 4.69) is 5.32 Å². The molecule has 0 spiro atoms. The Kier molecular flexibility index (Phi) is 5.19. The zero-order valence-corrected chi connectivity index (χ0v) is 11.9. The van der Waals surface area contributed by atoms with Gasteiger partial charge in [-0.25, -0.2) is 0 Å². The molecular formula is C14H25N3O2. The van der Waals surface area contributed by atoms with Gasteiger partial charge in [0.15, 0.2) is 0 Å². The van der Waals surface area contributed by atoms with E-state index in [0.717, 1.165) is 51.4 Å². The van der Waals surface area contributed by atoms with Crippen molar-refractivity contribution in [2.45, 2.75) is 32.1 Å². The Bertz CT molecular complexity index is 325. The molecule has 0 aliphatic carbocycles. The van der Waals surface area contributed by atoms with Gasteiger partial charge in [-0.05, 0) is 45.2 Å². The third-order valence-electron chi connectivity index (χ3n) is 4.27. The van der Waals surface area contributed by atoms with Crippen LogP contribution in [0.15, 0.2) is 0 Å². The third-order valence-corrected chi connectivity index (χ3v) is 4.27. The first-order valence-corrected chi connectivity index (χ1v) is 7.41. The molecule has 0 unspecified atom stereocenters. The van der Waals surface area contributed by atoms with Crippen molar-refractivity contribution in [2.24, 2.45) is 5.92 Å². The molecule has 2 aliphatic heterocycles. The van der Waals surface area contributed by atoms with Gasteiger partial charge in [-0.2, -0.15) is 0 Å². The Morgan fingerprint density at radius 2 is 2.05 bits per heavy atom. The maximum absolute atomic E-state index is 12.1. The second-order valence-electron chi connectivity index (χ2n) is 5.64. The van der Waals surface area contributed by atoms with Crippen LogP contribution in [0.1, 0.15) is 32.1 Å². The molecule has 0 aromatic heterocycles. The second kappa shape index (κ2) is 6.89. The number of hydrogen-bond donors (Lipinski definition) is 1. The molecule has 2 amide bonds. The van der Waals surface area contributed by atoms with Crippen LogP contribution in [0.4, 0.5) is 0 Å². The SMILES string of the molecule is CNCCC1CCN(C(=O)CN2CCCC2=O)CC1. The van der Waals surface area contributed by atoms with Gasteiger partial charge in [0.1, 0.15) is 0 Å². The van der Waals surface area contributed by atoms with Crippen molar-refractivity contribution in [3.8, 4) is 0 Å². The molecule has 19 heavy (non-hydrogen) atoms. The Morgan fingerprint density at radius 1 is 1.32 bits per heavy atom. The van der Waals surface area contributed by atoms with Crippen molar-refractivity contribution < 1.29 is 9.59 Å². The number of carbonyl (C=O) groups is 2. The van der Waals surface area contributed by atoms with E-state index in [1.165, 1.54) is 6.42 Å². The van der Waals surface area contributed by atoms with Crippen LogP contribution in [-0.2, 0) is 9.59 Å². The molecule has 0 radical (unpaired) electrons. The summed E-state index contributed by atoms with van der Waals surface area (Å²) < 4.78 is 0. The van der Waals surface area contributed by atoms with Crippen LogP contribution in [0.3, 0.4) is 0 Å². The number of hydrogen-bond acceptors (Lipinski definition) is 3. The van der Waals surface area contributed by atoms with E-state index in [0.29, 0.717) is 13.0 Å². The number of carbonyl (C=O) groups excluding carboxylic acids is 2. The van der Waals surface area contributed by atoms with Gasteiger partial charge >= 0.3 is 0 Å². The lowest BCUT2D eigenvalue weighted by atomic mass is 9.93. The molecular weight excluding hydrogens is 242 g/mol. The molecule has 1 N–H and O–H groups in total. The predicted octanol–water partition coefficient (Wildman–Crippen LogP) is 0.457. The fourth-order valence-corrected chi connectivity index (χ4v) is 2.95. The summed E-state index contributed by atoms with van der Waals surface area (Å²) in [7, 11) is 1.98. The molecule has 0 aromatic rings. The minimum atomic E-state index is 0.127. The lowest BCUT2D eigenvalue weighted by Gasteiger charge is -2.33. The van der Waals surface area contributed by atoms with E-state index in [1.807, 2.05) is 11.9 Å². The maximum Gasteiger partial charge on any atom is 0.242 e. The molecule has 0 saturated carbocycles. The minimum absolute atomic E-state index is 0.127. The van der Waals surface area contributed by atoms with Gasteiger partial charge in [0.05, 0.1) is 6.54 Å². The highest BCUT2D eigenvalue weighted by Gasteiger charge is 2.27. The van der Waals surface area contributed by atoms with Gasteiger partial charge in [-0.1, -0.05) is 0 Å². The number of likely N-dealkylation sites (tertiary alicyclic amines) is 2. The summed E-state index contributed by atoms with van der Waals surface area (Å²) in [5.74, 6) is 1.00. The molecule has 5 heteroatoms. The van der Waals surface area contributed by atoms with E-state index >= 15 is 0 Å². The molecule has 0 aromatic carbocycles. The summed E-state index contributed by atoms with van der Waals surface area (Å²) in [4.78, 5) is 27.3. The summed E-state index contributed by atoms with van der Waals surface area (Å²) in [5.41, 5.74) is 0. The van der Waals surface area contributed by atoms with Gasteiger partial charge in [0.2, 0.25) is 11.8 Å². The van der Waals surface area contributed by atoms with Gasteiger partial charge in [0.25, 0.3) is 0 Å². The van der Waals surface area contributed by atoms with Crippen molar-refractivity contribution in [3.63, 3.8) is 0 Å². The Balaban J connectivity index is 1.71. The zero-order chi connectivity index (χ0) is 13.7. The number of amides is 2. The van der Waals surface area contributed by atoms with Gasteiger partial charge < -0.3 is 15.1 Å². The lowest BCUT2D eigenvalue weighted by molar-refractivity contribution is -0.139. The highest BCUT2D eigenvalue weighted by molar-refractivity contribution is 5.85. The molecule has 2 fully saturated rings. The number of nitrogens with one attached hydrogen (secondary N) is 1. The summed E-state index contributed by atoms with van der Waals surface area (Å²) in [6.07, 6.45) is 4.91. The first kappa shape index (κ1) is 14.3. The van der Waals surface area contributed by atoms with Crippen LogP contribution >= 0.6 is 0 Å². The summed E-state index contributed by atoms with van der Waals surface area (Å²) in [6.45, 7) is 3.81. The highest BCUT2D eigenvalue weighted by atomic mass is 16.2. The van der Waals surface area contributed by atoms with Crippen molar-refractivity contribution >= 4 is 11.8 Å². The van der Waals surface area contributed by atoms with E-state index in [-0.39, 0.29) is 11.8 Å². The van der Waals surface area contributed by atoms with Crippen LogP contribution in [0.5, 0.6) is 0 Å². The first-order valence-electron chi connectivity index (χ1n) is 7.41. The molecule has 2 rings (SSSR count). The number of nitrogens with zero attached hydrogens (tertiary/aromatic N) is 2. The standard InChI is InChI=1S/C14H25N3O2/c1-15-7-4-12-5-9-16(10-6-12)14(19)11-17-8-2-3-13(17)18/h12,15H,2-11H2,1H3. The van der Waals surface area contributed by atoms with Crippen LogP contribution in [-0.4, -0.2) is 61.4 Å². The Morgan fingerprint density at radius 3 is 2.63 bits per heavy atom. The molecule has 2 saturated heterocycles. The lowest BCUT2D eigenvalue weighted by Crippen LogP contribution is -2.44. The minimum Gasteiger partial charge on any atom is -0.341 e. The summed E-state index contributed by atoms with van der Waals surface area (Å²) in [5, 5.41) is 3.18. The normalized spacial score (nSPS) is 21.2. The second-order valence-corrected chi connectivity index (χ2v) is 5.64. The monoisotopic (exact) mass is 267 g/mol. The summed E-state index contributed by atoms with van der Waals surface area (Å²) >= 11 is 0. The third kappa shape index (κ3) is 3.93. The average Bonchev–Trinajstić information content (AvgIpc) is 2.82. The van der Waals surface area contributed by atoms with Crippen molar-refractivity contribution in [2.75, 3.05) is 39.8 Å². The zero-order valence-electron chi connectivity index (χ0n) is 11.9. The predicted molar refractivity (Wildman–Crippen MR) is 73.7 cm³/mol.